The van der Waals surface area contributed by atoms with Crippen molar-refractivity contribution < 1.29 is 0 Å². The molecule has 0 radical (unpaired) electrons. The molecule has 2 nitrogen and oxygen atoms in total. The summed E-state index contributed by atoms with van der Waals surface area (Å²) in [5.41, 5.74) is 7.75. The van der Waals surface area contributed by atoms with Gasteiger partial charge in [0.2, 0.25) is 0 Å². The highest BCUT2D eigenvalue weighted by molar-refractivity contribution is 5.45. The summed E-state index contributed by atoms with van der Waals surface area (Å²) in [4.78, 5) is 0. The Labute approximate surface area is 140 Å². The first kappa shape index (κ1) is 17.2. The smallest absolute Gasteiger partial charge is 0.107 e. The summed E-state index contributed by atoms with van der Waals surface area (Å²) in [7, 11) is 0. The van der Waals surface area contributed by atoms with E-state index in [1.807, 2.05) is 60.7 Å². The van der Waals surface area contributed by atoms with Gasteiger partial charge < -0.3 is 5.73 Å². The predicted octanol–water partition coefficient (Wildman–Crippen LogP) is 4.79. The molecule has 2 aromatic rings. The summed E-state index contributed by atoms with van der Waals surface area (Å²) < 4.78 is 0. The van der Waals surface area contributed by atoms with Gasteiger partial charge in [-0.3, -0.25) is 0 Å². The first-order valence-corrected chi connectivity index (χ1v) is 8.41. The monoisotopic (exact) mass is 306 g/mol. The highest BCUT2D eigenvalue weighted by Crippen LogP contribution is 2.38. The van der Waals surface area contributed by atoms with Crippen LogP contribution in [-0.2, 0) is 5.41 Å². The number of nitriles is 1. The predicted molar refractivity (Wildman–Crippen MR) is 96.0 cm³/mol. The fourth-order valence-electron chi connectivity index (χ4n) is 3.13. The van der Waals surface area contributed by atoms with E-state index in [-0.39, 0.29) is 5.54 Å². The van der Waals surface area contributed by atoms with E-state index < -0.39 is 5.41 Å². The van der Waals surface area contributed by atoms with Crippen LogP contribution in [0.4, 0.5) is 0 Å². The van der Waals surface area contributed by atoms with Crippen LogP contribution in [0.1, 0.15) is 50.7 Å². The Bertz CT molecular complexity index is 597. The van der Waals surface area contributed by atoms with Crippen LogP contribution in [0.2, 0.25) is 0 Å². The van der Waals surface area contributed by atoms with Gasteiger partial charge in [0.25, 0.3) is 0 Å². The number of benzene rings is 2. The lowest BCUT2D eigenvalue weighted by molar-refractivity contribution is 0.336. The molecule has 120 valence electrons. The summed E-state index contributed by atoms with van der Waals surface area (Å²) in [6.07, 6.45) is 3.41. The van der Waals surface area contributed by atoms with Crippen molar-refractivity contribution >= 4 is 0 Å². The fourth-order valence-corrected chi connectivity index (χ4v) is 3.13. The summed E-state index contributed by atoms with van der Waals surface area (Å²) in [6.45, 7) is 4.26. The highest BCUT2D eigenvalue weighted by Gasteiger charge is 2.36. The Morgan fingerprint density at radius 1 is 0.826 bits per heavy atom. The van der Waals surface area contributed by atoms with Crippen molar-refractivity contribution in [2.75, 3.05) is 0 Å². The van der Waals surface area contributed by atoms with E-state index in [1.54, 1.807) is 0 Å². The number of hydrogen-bond acceptors (Lipinski definition) is 2. The molecule has 0 aromatic heterocycles. The zero-order chi connectivity index (χ0) is 16.8. The van der Waals surface area contributed by atoms with Crippen molar-refractivity contribution in [1.82, 2.24) is 0 Å². The van der Waals surface area contributed by atoms with Crippen LogP contribution in [0.15, 0.2) is 60.7 Å². The Hall–Kier alpha value is -2.11. The molecule has 0 unspecified atom stereocenters. The maximum Gasteiger partial charge on any atom is 0.107 e. The van der Waals surface area contributed by atoms with Crippen LogP contribution in [0.3, 0.4) is 0 Å². The number of nitrogens with zero attached hydrogens (tertiary/aromatic N) is 1. The standard InChI is InChI=1S/C21H26N2/c1-3-20(23,4-2)15-16-21(17-22,18-11-7-5-8-12-18)19-13-9-6-10-14-19/h5-14H,3-4,15-16,23H2,1-2H3. The molecule has 0 fully saturated rings. The molecule has 2 rings (SSSR count). The molecule has 0 heterocycles. The van der Waals surface area contributed by atoms with E-state index >= 15 is 0 Å². The second kappa shape index (κ2) is 7.44. The number of hydrogen-bond donors (Lipinski definition) is 1. The Morgan fingerprint density at radius 3 is 1.61 bits per heavy atom. The van der Waals surface area contributed by atoms with E-state index in [0.717, 1.165) is 36.8 Å². The van der Waals surface area contributed by atoms with E-state index in [4.69, 9.17) is 5.73 Å². The van der Waals surface area contributed by atoms with Gasteiger partial charge in [-0.25, -0.2) is 0 Å². The zero-order valence-corrected chi connectivity index (χ0v) is 14.1. The Morgan fingerprint density at radius 2 is 1.26 bits per heavy atom. The molecule has 2 heteroatoms. The summed E-state index contributed by atoms with van der Waals surface area (Å²) in [5, 5.41) is 10.1. The molecular formula is C21H26N2. The van der Waals surface area contributed by atoms with Crippen LogP contribution in [0.5, 0.6) is 0 Å². The van der Waals surface area contributed by atoms with Crippen molar-refractivity contribution in [2.45, 2.75) is 50.5 Å². The minimum Gasteiger partial charge on any atom is -0.325 e. The molecule has 0 spiro atoms. The molecular weight excluding hydrogens is 280 g/mol. The van der Waals surface area contributed by atoms with E-state index in [2.05, 4.69) is 19.9 Å². The molecule has 0 bridgehead atoms. The van der Waals surface area contributed by atoms with Crippen molar-refractivity contribution in [1.29, 1.82) is 5.26 Å². The van der Waals surface area contributed by atoms with Crippen molar-refractivity contribution in [2.24, 2.45) is 5.73 Å². The van der Waals surface area contributed by atoms with Gasteiger partial charge in [0.05, 0.1) is 6.07 Å². The lowest BCUT2D eigenvalue weighted by Crippen LogP contribution is -2.40. The molecule has 0 aliphatic heterocycles. The van der Waals surface area contributed by atoms with Crippen LogP contribution in [0, 0.1) is 11.3 Å². The zero-order valence-electron chi connectivity index (χ0n) is 14.1. The van der Waals surface area contributed by atoms with Crippen molar-refractivity contribution in [3.05, 3.63) is 71.8 Å². The van der Waals surface area contributed by atoms with Gasteiger partial charge >= 0.3 is 0 Å². The van der Waals surface area contributed by atoms with Gasteiger partial charge in [0, 0.05) is 5.54 Å². The van der Waals surface area contributed by atoms with Crippen LogP contribution >= 0.6 is 0 Å². The topological polar surface area (TPSA) is 49.8 Å². The van der Waals surface area contributed by atoms with Gasteiger partial charge in [-0.1, -0.05) is 74.5 Å². The molecule has 2 N–H and O–H groups in total. The Balaban J connectivity index is 2.46. The van der Waals surface area contributed by atoms with E-state index in [0.29, 0.717) is 0 Å². The van der Waals surface area contributed by atoms with E-state index in [1.165, 1.54) is 0 Å². The lowest BCUT2D eigenvalue weighted by atomic mass is 9.70. The second-order valence-electron chi connectivity index (χ2n) is 6.32. The van der Waals surface area contributed by atoms with Crippen molar-refractivity contribution in [3.8, 4) is 6.07 Å². The maximum absolute atomic E-state index is 10.1. The highest BCUT2D eigenvalue weighted by atomic mass is 14.7. The first-order valence-electron chi connectivity index (χ1n) is 8.41. The maximum atomic E-state index is 10.1. The number of rotatable bonds is 7. The van der Waals surface area contributed by atoms with Crippen LogP contribution < -0.4 is 5.73 Å². The third-order valence-corrected chi connectivity index (χ3v) is 5.13. The normalized spacial score (nSPS) is 11.9. The summed E-state index contributed by atoms with van der Waals surface area (Å²) in [5.74, 6) is 0. The molecule has 2 aromatic carbocycles. The van der Waals surface area contributed by atoms with Gasteiger partial charge in [-0.15, -0.1) is 0 Å². The SMILES string of the molecule is CCC(N)(CC)CCC(C#N)(c1ccccc1)c1ccccc1. The average molecular weight is 306 g/mol. The first-order chi connectivity index (χ1) is 11.1. The summed E-state index contributed by atoms with van der Waals surface area (Å²) >= 11 is 0. The third-order valence-electron chi connectivity index (χ3n) is 5.13. The second-order valence-corrected chi connectivity index (χ2v) is 6.32. The van der Waals surface area contributed by atoms with Crippen LogP contribution in [-0.4, -0.2) is 5.54 Å². The van der Waals surface area contributed by atoms with Crippen LogP contribution in [0.25, 0.3) is 0 Å². The molecule has 0 saturated carbocycles. The average Bonchev–Trinajstić information content (AvgIpc) is 2.64. The van der Waals surface area contributed by atoms with E-state index in [9.17, 15) is 5.26 Å². The van der Waals surface area contributed by atoms with Gasteiger partial charge in [-0.05, 0) is 36.8 Å². The quantitative estimate of drug-likeness (QED) is 0.799. The molecule has 0 aliphatic rings. The minimum atomic E-state index is -0.641. The van der Waals surface area contributed by atoms with Gasteiger partial charge in [-0.2, -0.15) is 5.26 Å². The lowest BCUT2D eigenvalue weighted by Gasteiger charge is -2.33. The molecule has 0 saturated heterocycles. The van der Waals surface area contributed by atoms with Gasteiger partial charge in [0.15, 0.2) is 0 Å². The molecule has 0 atom stereocenters. The largest absolute Gasteiger partial charge is 0.325 e. The molecule has 0 aliphatic carbocycles. The molecule has 23 heavy (non-hydrogen) atoms. The number of nitrogens with two attached hydrogens (primary N) is 1. The van der Waals surface area contributed by atoms with Gasteiger partial charge in [0.1, 0.15) is 5.41 Å². The van der Waals surface area contributed by atoms with Crippen molar-refractivity contribution in [3.63, 3.8) is 0 Å². The Kier molecular flexibility index (Phi) is 5.58. The summed E-state index contributed by atoms with van der Waals surface area (Å²) in [6, 6.07) is 22.8. The fraction of sp³-hybridized carbons (Fsp3) is 0.381. The minimum absolute atomic E-state index is 0.203. The molecule has 0 amide bonds. The third kappa shape index (κ3) is 3.63.